The highest BCUT2D eigenvalue weighted by molar-refractivity contribution is 7.89. The Morgan fingerprint density at radius 2 is 1.90 bits per heavy atom. The molecule has 3 N–H and O–H groups in total. The van der Waals surface area contributed by atoms with Gasteiger partial charge in [0.25, 0.3) is 0 Å². The van der Waals surface area contributed by atoms with E-state index in [9.17, 15) is 26.0 Å². The number of hydrogen-bond acceptors (Lipinski definition) is 3. The SMILES string of the molecule is Cc1cc(S(=O)(=O)NC2(C(F)(F)F)CC2)cc(CN)c1F. The lowest BCUT2D eigenvalue weighted by atomic mass is 10.1. The Hall–Kier alpha value is -1.19. The maximum Gasteiger partial charge on any atom is 0.407 e. The molecule has 0 saturated heterocycles. The predicted molar refractivity (Wildman–Crippen MR) is 67.4 cm³/mol. The van der Waals surface area contributed by atoms with E-state index >= 15 is 0 Å². The lowest BCUT2D eigenvalue weighted by Crippen LogP contribution is -2.47. The summed E-state index contributed by atoms with van der Waals surface area (Å²) in [4.78, 5) is -0.419. The number of aryl methyl sites for hydroxylation is 1. The summed E-state index contributed by atoms with van der Waals surface area (Å²) in [6.07, 6.45) is -5.27. The van der Waals surface area contributed by atoms with Crippen LogP contribution in [0.3, 0.4) is 0 Å². The second kappa shape index (κ2) is 4.92. The van der Waals surface area contributed by atoms with Gasteiger partial charge in [-0.15, -0.1) is 0 Å². The highest BCUT2D eigenvalue weighted by atomic mass is 32.2. The van der Waals surface area contributed by atoms with Crippen LogP contribution in [-0.4, -0.2) is 20.1 Å². The Kier molecular flexibility index (Phi) is 3.79. The first-order valence-electron chi connectivity index (χ1n) is 6.12. The molecule has 0 aromatic heterocycles. The van der Waals surface area contributed by atoms with Gasteiger partial charge in [-0.05, 0) is 37.5 Å². The van der Waals surface area contributed by atoms with Crippen LogP contribution in [0.1, 0.15) is 24.0 Å². The van der Waals surface area contributed by atoms with Crippen LogP contribution in [0.5, 0.6) is 0 Å². The molecule has 0 heterocycles. The molecule has 0 atom stereocenters. The molecule has 21 heavy (non-hydrogen) atoms. The van der Waals surface area contributed by atoms with Crippen molar-refractivity contribution < 1.29 is 26.0 Å². The van der Waals surface area contributed by atoms with Crippen LogP contribution in [0.2, 0.25) is 0 Å². The van der Waals surface area contributed by atoms with E-state index in [0.717, 1.165) is 12.1 Å². The normalized spacial score (nSPS) is 17.8. The molecule has 0 unspecified atom stereocenters. The van der Waals surface area contributed by atoms with Gasteiger partial charge in [-0.1, -0.05) is 0 Å². The molecule has 0 aliphatic heterocycles. The Labute approximate surface area is 119 Å². The molecule has 1 fully saturated rings. The average molecular weight is 326 g/mol. The van der Waals surface area contributed by atoms with E-state index in [-0.39, 0.29) is 30.5 Å². The minimum Gasteiger partial charge on any atom is -0.326 e. The van der Waals surface area contributed by atoms with Crippen LogP contribution in [0.4, 0.5) is 17.6 Å². The van der Waals surface area contributed by atoms with E-state index < -0.39 is 32.5 Å². The molecule has 1 aromatic carbocycles. The van der Waals surface area contributed by atoms with E-state index in [0.29, 0.717) is 0 Å². The third-order valence-electron chi connectivity index (χ3n) is 3.46. The first kappa shape index (κ1) is 16.2. The van der Waals surface area contributed by atoms with Gasteiger partial charge in [-0.2, -0.15) is 17.9 Å². The van der Waals surface area contributed by atoms with E-state index in [1.165, 1.54) is 6.92 Å². The van der Waals surface area contributed by atoms with Crippen LogP contribution in [0.25, 0.3) is 0 Å². The molecule has 0 amide bonds. The van der Waals surface area contributed by atoms with E-state index in [1.807, 2.05) is 0 Å². The number of nitrogens with two attached hydrogens (primary N) is 1. The summed E-state index contributed by atoms with van der Waals surface area (Å²) in [7, 11) is -4.40. The van der Waals surface area contributed by atoms with Gasteiger partial charge in [-0.25, -0.2) is 12.8 Å². The van der Waals surface area contributed by atoms with Crippen LogP contribution >= 0.6 is 0 Å². The molecule has 1 aliphatic carbocycles. The van der Waals surface area contributed by atoms with Gasteiger partial charge in [0.2, 0.25) is 10.0 Å². The standard InChI is InChI=1S/C12H14F4N2O2S/c1-7-4-9(5-8(6-17)10(7)13)21(19,20)18-11(2-3-11)12(14,15)16/h4-5,18H,2-3,6,17H2,1H3. The van der Waals surface area contributed by atoms with Crippen molar-refractivity contribution in [3.8, 4) is 0 Å². The van der Waals surface area contributed by atoms with Crippen molar-refractivity contribution in [2.45, 2.75) is 42.9 Å². The number of alkyl halides is 3. The second-order valence-corrected chi connectivity index (χ2v) is 6.79. The van der Waals surface area contributed by atoms with Crippen molar-refractivity contribution in [1.82, 2.24) is 4.72 Å². The summed E-state index contributed by atoms with van der Waals surface area (Å²) in [6, 6.07) is 1.94. The maximum absolute atomic E-state index is 13.6. The molecule has 4 nitrogen and oxygen atoms in total. The fourth-order valence-corrected chi connectivity index (χ4v) is 3.58. The van der Waals surface area contributed by atoms with Crippen molar-refractivity contribution in [2.24, 2.45) is 5.73 Å². The topological polar surface area (TPSA) is 72.2 Å². The highest BCUT2D eigenvalue weighted by Gasteiger charge is 2.65. The van der Waals surface area contributed by atoms with E-state index in [2.05, 4.69) is 0 Å². The molecular formula is C12H14F4N2O2S. The van der Waals surface area contributed by atoms with Gasteiger partial charge in [0.05, 0.1) is 4.90 Å². The quantitative estimate of drug-likeness (QED) is 0.831. The molecule has 0 spiro atoms. The first-order valence-corrected chi connectivity index (χ1v) is 7.60. The number of halogens is 4. The van der Waals surface area contributed by atoms with Crippen molar-refractivity contribution in [3.63, 3.8) is 0 Å². The van der Waals surface area contributed by atoms with Gasteiger partial charge < -0.3 is 5.73 Å². The van der Waals surface area contributed by atoms with Crippen LogP contribution < -0.4 is 10.5 Å². The van der Waals surface area contributed by atoms with Crippen molar-refractivity contribution in [2.75, 3.05) is 0 Å². The first-order chi connectivity index (χ1) is 9.52. The van der Waals surface area contributed by atoms with E-state index in [1.54, 1.807) is 4.72 Å². The molecule has 0 radical (unpaired) electrons. The second-order valence-electron chi connectivity index (χ2n) is 5.10. The number of hydrogen-bond donors (Lipinski definition) is 2. The summed E-state index contributed by atoms with van der Waals surface area (Å²) in [5.74, 6) is -0.659. The summed E-state index contributed by atoms with van der Waals surface area (Å²) in [5.41, 5.74) is 2.85. The van der Waals surface area contributed by atoms with Crippen LogP contribution in [0, 0.1) is 12.7 Å². The van der Waals surface area contributed by atoms with Crippen molar-refractivity contribution >= 4 is 10.0 Å². The van der Waals surface area contributed by atoms with Gasteiger partial charge in [0, 0.05) is 12.1 Å². The van der Waals surface area contributed by atoms with Crippen molar-refractivity contribution in [1.29, 1.82) is 0 Å². The molecular weight excluding hydrogens is 312 g/mol. The maximum atomic E-state index is 13.6. The van der Waals surface area contributed by atoms with E-state index in [4.69, 9.17) is 5.73 Å². The monoisotopic (exact) mass is 326 g/mol. The number of nitrogens with one attached hydrogen (secondary N) is 1. The van der Waals surface area contributed by atoms with Crippen molar-refractivity contribution in [3.05, 3.63) is 29.1 Å². The van der Waals surface area contributed by atoms with Crippen LogP contribution in [0.15, 0.2) is 17.0 Å². The van der Waals surface area contributed by atoms with Gasteiger partial charge in [-0.3, -0.25) is 0 Å². The fraction of sp³-hybridized carbons (Fsp3) is 0.500. The van der Waals surface area contributed by atoms with Gasteiger partial charge in [0.15, 0.2) is 0 Å². The Morgan fingerprint density at radius 3 is 2.33 bits per heavy atom. The molecule has 1 aliphatic rings. The summed E-state index contributed by atoms with van der Waals surface area (Å²) >= 11 is 0. The predicted octanol–water partition coefficient (Wildman–Crippen LogP) is 1.97. The fourth-order valence-electron chi connectivity index (χ4n) is 1.99. The molecule has 1 aromatic rings. The van der Waals surface area contributed by atoms with Gasteiger partial charge >= 0.3 is 6.18 Å². The Balaban J connectivity index is 2.40. The average Bonchev–Trinajstić information content (AvgIpc) is 3.12. The highest BCUT2D eigenvalue weighted by Crippen LogP contribution is 2.49. The zero-order chi connectivity index (χ0) is 16.1. The minimum atomic E-state index is -4.66. The lowest BCUT2D eigenvalue weighted by molar-refractivity contribution is -0.160. The zero-order valence-corrected chi connectivity index (χ0v) is 11.9. The van der Waals surface area contributed by atoms with Gasteiger partial charge in [0.1, 0.15) is 11.4 Å². The Bertz CT molecular complexity index is 667. The number of rotatable bonds is 4. The molecule has 0 bridgehead atoms. The smallest absolute Gasteiger partial charge is 0.326 e. The minimum absolute atomic E-state index is 0.00943. The Morgan fingerprint density at radius 1 is 1.33 bits per heavy atom. The largest absolute Gasteiger partial charge is 0.407 e. The lowest BCUT2D eigenvalue weighted by Gasteiger charge is -2.21. The van der Waals surface area contributed by atoms with Crippen LogP contribution in [-0.2, 0) is 16.6 Å². The number of sulfonamides is 1. The zero-order valence-electron chi connectivity index (χ0n) is 11.1. The third-order valence-corrected chi connectivity index (χ3v) is 4.97. The molecule has 2 rings (SSSR count). The molecule has 118 valence electrons. The summed E-state index contributed by atoms with van der Waals surface area (Å²) < 4.78 is 78.0. The molecule has 9 heteroatoms. The summed E-state index contributed by atoms with van der Waals surface area (Å²) in [6.45, 7) is 1.07. The number of benzene rings is 1. The summed E-state index contributed by atoms with van der Waals surface area (Å²) in [5, 5.41) is 0. The third kappa shape index (κ3) is 2.90. The molecule has 1 saturated carbocycles.